The number of H-pyrrole nitrogens is 1. The molecule has 155 valence electrons. The van der Waals surface area contributed by atoms with Crippen molar-refractivity contribution < 1.29 is 8.87 Å². The van der Waals surface area contributed by atoms with Crippen LogP contribution in [0.3, 0.4) is 0 Å². The monoisotopic (exact) mass is 413 g/mol. The number of hydrogen-bond donors (Lipinski definition) is 2. The predicted octanol–water partition coefficient (Wildman–Crippen LogP) is 5.46. The Hall–Kier alpha value is -3.09. The minimum absolute atomic E-state index is 0.0226. The van der Waals surface area contributed by atoms with Crippen LogP contribution >= 0.6 is 0 Å². The van der Waals surface area contributed by atoms with Gasteiger partial charge in [-0.1, -0.05) is 26.8 Å². The van der Waals surface area contributed by atoms with Crippen molar-refractivity contribution >= 4 is 30.4 Å². The van der Waals surface area contributed by atoms with E-state index in [2.05, 4.69) is 60.6 Å². The summed E-state index contributed by atoms with van der Waals surface area (Å²) in [6, 6.07) is 11.7. The Kier molecular flexibility index (Phi) is 4.65. The first-order valence-corrected chi connectivity index (χ1v) is 10.6. The summed E-state index contributed by atoms with van der Waals surface area (Å²) in [6.45, 7) is 6.96. The van der Waals surface area contributed by atoms with Crippen molar-refractivity contribution in [2.75, 3.05) is 5.32 Å². The first-order chi connectivity index (χ1) is 14.8. The zero-order valence-corrected chi connectivity index (χ0v) is 18.0. The van der Waals surface area contributed by atoms with Crippen molar-refractivity contribution in [1.82, 2.24) is 15.2 Å². The number of rotatable bonds is 4. The zero-order valence-electron chi connectivity index (χ0n) is 18.0. The molecule has 3 heterocycles. The van der Waals surface area contributed by atoms with Gasteiger partial charge in [-0.15, -0.1) is 0 Å². The second-order valence-electron chi connectivity index (χ2n) is 9.38. The summed E-state index contributed by atoms with van der Waals surface area (Å²) in [7, 11) is 5.74. The van der Waals surface area contributed by atoms with Gasteiger partial charge in [0.25, 0.3) is 0 Å². The molecule has 7 heteroatoms. The minimum atomic E-state index is -0.267. The van der Waals surface area contributed by atoms with Gasteiger partial charge < -0.3 is 0 Å². The van der Waals surface area contributed by atoms with Crippen LogP contribution in [0.15, 0.2) is 42.5 Å². The number of pyridine rings is 1. The fraction of sp³-hybridized carbons (Fsp3) is 0.333. The number of allylic oxidation sites excluding steroid dienone is 2. The van der Waals surface area contributed by atoms with Crippen LogP contribution < -0.4 is 5.32 Å². The van der Waals surface area contributed by atoms with Crippen LogP contribution in [0.2, 0.25) is 0 Å². The SMILES string of the molecule is [B]=[N+]1Cc2c1ccc(Nc1cc(C3C=C(c4cccc(C(C)(C)C)n4)CC3)[nH]n1)c2F. The number of nitrogens with one attached hydrogen (secondary N) is 2. The van der Waals surface area contributed by atoms with E-state index in [0.29, 0.717) is 23.6 Å². The fourth-order valence-electron chi connectivity index (χ4n) is 4.23. The standard InChI is InChI=1S/C24H25BFN5/c1-24(2,3)21-6-4-5-17(27-21)14-7-8-15(11-14)19-12-22(30-29-19)28-18-9-10-20-16(23(18)26)13-31(20)25/h4-6,9-12,15H,7-8,13H2,1-3H3,(H2,28,29,30)/q+1. The van der Waals surface area contributed by atoms with Crippen molar-refractivity contribution in [3.63, 3.8) is 0 Å². The molecule has 0 saturated heterocycles. The van der Waals surface area contributed by atoms with Crippen LogP contribution in [0.1, 0.15) is 62.2 Å². The van der Waals surface area contributed by atoms with Crippen LogP contribution in [-0.2, 0) is 12.0 Å². The molecular weight excluding hydrogens is 388 g/mol. The molecular formula is C24H25BFN5+. The number of benzene rings is 1. The molecule has 0 bridgehead atoms. The molecule has 0 saturated carbocycles. The third-order valence-corrected chi connectivity index (χ3v) is 6.09. The van der Waals surface area contributed by atoms with E-state index in [1.54, 1.807) is 6.07 Å². The van der Waals surface area contributed by atoms with Crippen molar-refractivity contribution in [2.45, 2.75) is 51.5 Å². The molecule has 1 aliphatic heterocycles. The molecule has 2 aromatic heterocycles. The first-order valence-electron chi connectivity index (χ1n) is 10.6. The van der Waals surface area contributed by atoms with Gasteiger partial charge in [-0.3, -0.25) is 4.98 Å². The Morgan fingerprint density at radius 3 is 2.84 bits per heavy atom. The second kappa shape index (κ2) is 7.25. The maximum absolute atomic E-state index is 14.6. The van der Waals surface area contributed by atoms with Gasteiger partial charge in [0.2, 0.25) is 0 Å². The van der Waals surface area contributed by atoms with Crippen LogP contribution in [0.25, 0.3) is 5.57 Å². The summed E-state index contributed by atoms with van der Waals surface area (Å²) in [5.74, 6) is 0.578. The van der Waals surface area contributed by atoms with Crippen LogP contribution in [0.4, 0.5) is 21.6 Å². The second-order valence-corrected chi connectivity index (χ2v) is 9.38. The number of aromatic amines is 1. The van der Waals surface area contributed by atoms with Gasteiger partial charge in [0.1, 0.15) is 0 Å². The van der Waals surface area contributed by atoms with Crippen LogP contribution in [0.5, 0.6) is 0 Å². The van der Waals surface area contributed by atoms with E-state index in [-0.39, 0.29) is 17.2 Å². The third-order valence-electron chi connectivity index (χ3n) is 6.09. The number of hydrogen-bond acceptors (Lipinski definition) is 3. The quantitative estimate of drug-likeness (QED) is 0.559. The summed E-state index contributed by atoms with van der Waals surface area (Å²) in [6.07, 6.45) is 4.24. The van der Waals surface area contributed by atoms with E-state index in [0.717, 1.165) is 35.6 Å². The molecule has 5 nitrogen and oxygen atoms in total. The molecule has 2 N–H and O–H groups in total. The summed E-state index contributed by atoms with van der Waals surface area (Å²) in [4.78, 5) is 4.89. The van der Waals surface area contributed by atoms with Crippen LogP contribution in [0, 0.1) is 5.82 Å². The van der Waals surface area contributed by atoms with Crippen LogP contribution in [-0.4, -0.2) is 27.3 Å². The van der Waals surface area contributed by atoms with Crippen molar-refractivity contribution in [3.05, 3.63) is 70.9 Å². The Morgan fingerprint density at radius 1 is 1.23 bits per heavy atom. The van der Waals surface area contributed by atoms with Gasteiger partial charge in [0, 0.05) is 11.1 Å². The average molecular weight is 413 g/mol. The molecule has 0 amide bonds. The Bertz CT molecular complexity index is 1220. The Balaban J connectivity index is 1.34. The van der Waals surface area contributed by atoms with Gasteiger partial charge in [-0.05, 0) is 12.1 Å². The van der Waals surface area contributed by atoms with Gasteiger partial charge in [-0.2, -0.15) is 0 Å². The van der Waals surface area contributed by atoms with Crippen molar-refractivity contribution in [2.24, 2.45) is 0 Å². The average Bonchev–Trinajstić information content (AvgIpc) is 3.39. The molecule has 1 atom stereocenters. The normalized spacial score (nSPS) is 17.8. The number of anilines is 2. The summed E-state index contributed by atoms with van der Waals surface area (Å²) in [5.41, 5.74) is 6.23. The van der Waals surface area contributed by atoms with Gasteiger partial charge in [0.05, 0.1) is 5.69 Å². The van der Waals surface area contributed by atoms with E-state index in [4.69, 9.17) is 12.6 Å². The molecule has 0 spiro atoms. The van der Waals surface area contributed by atoms with E-state index in [1.165, 1.54) is 10.1 Å². The van der Waals surface area contributed by atoms with Crippen molar-refractivity contribution in [3.8, 4) is 0 Å². The molecule has 0 fully saturated rings. The summed E-state index contributed by atoms with van der Waals surface area (Å²) >= 11 is 0. The molecule has 1 aromatic carbocycles. The number of fused-ring (bicyclic) bond motifs is 1. The summed E-state index contributed by atoms with van der Waals surface area (Å²) in [5, 5.41) is 10.5. The molecule has 1 aliphatic carbocycles. The number of nitrogens with zero attached hydrogens (tertiary/aromatic N) is 3. The van der Waals surface area contributed by atoms with Gasteiger partial charge in [0.15, 0.2) is 0 Å². The Morgan fingerprint density at radius 2 is 2.06 bits per heavy atom. The fourth-order valence-corrected chi connectivity index (χ4v) is 4.23. The predicted molar refractivity (Wildman–Crippen MR) is 121 cm³/mol. The van der Waals surface area contributed by atoms with E-state index < -0.39 is 0 Å². The Labute approximate surface area is 182 Å². The van der Waals surface area contributed by atoms with E-state index in [9.17, 15) is 4.39 Å². The molecule has 1 radical (unpaired) electrons. The third kappa shape index (κ3) is 3.62. The summed E-state index contributed by atoms with van der Waals surface area (Å²) < 4.78 is 16.2. The molecule has 1 unspecified atom stereocenters. The van der Waals surface area contributed by atoms with Crippen molar-refractivity contribution in [1.29, 1.82) is 0 Å². The molecule has 2 aliphatic rings. The number of aromatic nitrogens is 3. The maximum atomic E-state index is 14.6. The first kappa shape index (κ1) is 19.9. The molecule has 31 heavy (non-hydrogen) atoms. The topological polar surface area (TPSA) is 56.6 Å². The van der Waals surface area contributed by atoms with E-state index in [1.807, 2.05) is 12.1 Å². The molecule has 5 rings (SSSR count). The van der Waals surface area contributed by atoms with E-state index >= 15 is 0 Å². The molecule has 3 aromatic rings. The number of halogens is 1. The zero-order chi connectivity index (χ0) is 21.8. The van der Waals surface area contributed by atoms with Gasteiger partial charge in [-0.25, -0.2) is 0 Å². The van der Waals surface area contributed by atoms with Gasteiger partial charge >= 0.3 is 121 Å².